The van der Waals surface area contributed by atoms with E-state index >= 15 is 0 Å². The molecular weight excluding hydrogens is 310 g/mol. The molecule has 0 aliphatic heterocycles. The number of ether oxygens (including phenoxy) is 1. The fraction of sp³-hybridized carbons (Fsp3) is 0.143. The molecule has 0 amide bonds. The van der Waals surface area contributed by atoms with Crippen LogP contribution in [0.25, 0.3) is 0 Å². The number of halogens is 1. The van der Waals surface area contributed by atoms with Gasteiger partial charge < -0.3 is 9.84 Å². The van der Waals surface area contributed by atoms with E-state index in [4.69, 9.17) is 4.74 Å². The maximum absolute atomic E-state index is 11.2. The lowest BCUT2D eigenvalue weighted by atomic mass is 10.1. The van der Waals surface area contributed by atoms with E-state index in [0.29, 0.717) is 11.3 Å². The molecule has 0 spiro atoms. The molecule has 0 saturated heterocycles. The highest BCUT2D eigenvalue weighted by Crippen LogP contribution is 2.31. The van der Waals surface area contributed by atoms with Crippen LogP contribution in [-0.2, 0) is 0 Å². The van der Waals surface area contributed by atoms with Crippen molar-refractivity contribution in [1.29, 1.82) is 0 Å². The second kappa shape index (κ2) is 5.40. The minimum Gasteiger partial charge on any atom is -0.477 e. The van der Waals surface area contributed by atoms with Crippen LogP contribution in [0.5, 0.6) is 11.6 Å². The highest BCUT2D eigenvalue weighted by molar-refractivity contribution is 9.10. The van der Waals surface area contributed by atoms with Crippen LogP contribution in [0.2, 0.25) is 0 Å². The highest BCUT2D eigenvalue weighted by atomic mass is 79.9. The summed E-state index contributed by atoms with van der Waals surface area (Å²) in [6.07, 6.45) is 1.53. The predicted octanol–water partition coefficient (Wildman–Crippen LogP) is 3.95. The molecule has 0 atom stereocenters. The summed E-state index contributed by atoms with van der Waals surface area (Å²) in [4.78, 5) is 15.2. The molecule has 1 aromatic carbocycles. The first-order chi connectivity index (χ1) is 8.99. The third-order valence-electron chi connectivity index (χ3n) is 2.63. The van der Waals surface area contributed by atoms with Crippen molar-refractivity contribution in [1.82, 2.24) is 4.98 Å². The Bertz CT molecular complexity index is 641. The van der Waals surface area contributed by atoms with Gasteiger partial charge >= 0.3 is 5.97 Å². The van der Waals surface area contributed by atoms with Crippen molar-refractivity contribution in [3.8, 4) is 11.6 Å². The van der Waals surface area contributed by atoms with Crippen LogP contribution >= 0.6 is 15.9 Å². The summed E-state index contributed by atoms with van der Waals surface area (Å²) in [5.74, 6) is -0.424. The summed E-state index contributed by atoms with van der Waals surface area (Å²) in [5.41, 5.74) is 1.77. The summed E-state index contributed by atoms with van der Waals surface area (Å²) in [5, 5.41) is 9.21. The lowest BCUT2D eigenvalue weighted by molar-refractivity contribution is 0.0692. The average molecular weight is 322 g/mol. The molecule has 1 aromatic heterocycles. The van der Waals surface area contributed by atoms with Crippen molar-refractivity contribution >= 4 is 21.9 Å². The van der Waals surface area contributed by atoms with Gasteiger partial charge in [-0.1, -0.05) is 6.07 Å². The van der Waals surface area contributed by atoms with Crippen LogP contribution in [0.3, 0.4) is 0 Å². The number of aryl methyl sites for hydroxylation is 2. The van der Waals surface area contributed by atoms with E-state index in [-0.39, 0.29) is 11.4 Å². The zero-order valence-corrected chi connectivity index (χ0v) is 12.1. The Morgan fingerprint density at radius 1 is 1.32 bits per heavy atom. The molecule has 0 bridgehead atoms. The number of carboxylic acid groups (broad SMARTS) is 1. The number of aromatic carboxylic acids is 1. The number of carboxylic acids is 1. The first-order valence-corrected chi connectivity index (χ1v) is 6.41. The molecule has 0 aliphatic rings. The second-order valence-electron chi connectivity index (χ2n) is 4.15. The Hall–Kier alpha value is -1.88. The number of carbonyl (C=O) groups is 1. The molecule has 19 heavy (non-hydrogen) atoms. The largest absolute Gasteiger partial charge is 0.477 e. The first-order valence-electron chi connectivity index (χ1n) is 5.62. The Morgan fingerprint density at radius 3 is 2.68 bits per heavy atom. The van der Waals surface area contributed by atoms with Crippen molar-refractivity contribution in [2.45, 2.75) is 13.8 Å². The molecule has 0 radical (unpaired) electrons. The number of aromatic nitrogens is 1. The fourth-order valence-electron chi connectivity index (χ4n) is 1.66. The van der Waals surface area contributed by atoms with Gasteiger partial charge in [0.2, 0.25) is 5.88 Å². The molecule has 1 N–H and O–H groups in total. The van der Waals surface area contributed by atoms with E-state index in [9.17, 15) is 9.90 Å². The molecule has 98 valence electrons. The molecular formula is C14H12BrNO3. The lowest BCUT2D eigenvalue weighted by Gasteiger charge is -2.11. The zero-order valence-electron chi connectivity index (χ0n) is 10.5. The van der Waals surface area contributed by atoms with Gasteiger partial charge in [0, 0.05) is 6.20 Å². The van der Waals surface area contributed by atoms with E-state index in [1.165, 1.54) is 6.20 Å². The molecule has 4 nitrogen and oxygen atoms in total. The standard InChI is InChI=1S/C14H12BrNO3/c1-8-3-4-11(10(15)7-8)19-13-12(14(17)18)9(2)5-6-16-13/h3-7H,1-2H3,(H,17,18). The third-order valence-corrected chi connectivity index (χ3v) is 3.25. The van der Waals surface area contributed by atoms with Gasteiger partial charge in [-0.3, -0.25) is 0 Å². The molecule has 0 fully saturated rings. The van der Waals surface area contributed by atoms with Crippen molar-refractivity contribution < 1.29 is 14.6 Å². The molecule has 2 rings (SSSR count). The first kappa shape index (κ1) is 13.5. The fourth-order valence-corrected chi connectivity index (χ4v) is 2.24. The number of rotatable bonds is 3. The van der Waals surface area contributed by atoms with Crippen LogP contribution in [0.1, 0.15) is 21.5 Å². The average Bonchev–Trinajstić information content (AvgIpc) is 2.32. The molecule has 2 aromatic rings. The summed E-state index contributed by atoms with van der Waals surface area (Å²) in [7, 11) is 0. The van der Waals surface area contributed by atoms with E-state index < -0.39 is 5.97 Å². The maximum Gasteiger partial charge on any atom is 0.341 e. The topological polar surface area (TPSA) is 59.4 Å². The van der Waals surface area contributed by atoms with Crippen molar-refractivity contribution in [3.63, 3.8) is 0 Å². The second-order valence-corrected chi connectivity index (χ2v) is 5.00. The van der Waals surface area contributed by atoms with Gasteiger partial charge in [-0.15, -0.1) is 0 Å². The van der Waals surface area contributed by atoms with Gasteiger partial charge in [0.1, 0.15) is 11.3 Å². The van der Waals surface area contributed by atoms with E-state index in [2.05, 4.69) is 20.9 Å². The van der Waals surface area contributed by atoms with Gasteiger partial charge in [-0.05, 0) is 59.1 Å². The number of pyridine rings is 1. The van der Waals surface area contributed by atoms with Gasteiger partial charge in [-0.2, -0.15) is 0 Å². The number of benzene rings is 1. The van der Waals surface area contributed by atoms with E-state index in [0.717, 1.165) is 10.0 Å². The van der Waals surface area contributed by atoms with Gasteiger partial charge in [0.05, 0.1) is 4.47 Å². The summed E-state index contributed by atoms with van der Waals surface area (Å²) in [6, 6.07) is 7.19. The predicted molar refractivity (Wildman–Crippen MR) is 74.9 cm³/mol. The van der Waals surface area contributed by atoms with Gasteiger partial charge in [0.15, 0.2) is 0 Å². The lowest BCUT2D eigenvalue weighted by Crippen LogP contribution is -2.04. The summed E-state index contributed by atoms with van der Waals surface area (Å²) < 4.78 is 6.36. The quantitative estimate of drug-likeness (QED) is 0.929. The molecule has 1 heterocycles. The third kappa shape index (κ3) is 2.93. The monoisotopic (exact) mass is 321 g/mol. The van der Waals surface area contributed by atoms with Gasteiger partial charge in [0.25, 0.3) is 0 Å². The normalized spacial score (nSPS) is 10.3. The minimum atomic E-state index is -1.05. The zero-order chi connectivity index (χ0) is 14.0. The summed E-state index contributed by atoms with van der Waals surface area (Å²) in [6.45, 7) is 3.67. The molecule has 0 saturated carbocycles. The number of nitrogens with zero attached hydrogens (tertiary/aromatic N) is 1. The van der Waals surface area contributed by atoms with E-state index in [1.54, 1.807) is 19.1 Å². The minimum absolute atomic E-state index is 0.0787. The van der Waals surface area contributed by atoms with Crippen molar-refractivity contribution in [2.24, 2.45) is 0 Å². The van der Waals surface area contributed by atoms with Crippen LogP contribution in [0, 0.1) is 13.8 Å². The Morgan fingerprint density at radius 2 is 2.05 bits per heavy atom. The smallest absolute Gasteiger partial charge is 0.341 e. The Labute approximate surface area is 119 Å². The molecule has 0 aliphatic carbocycles. The van der Waals surface area contributed by atoms with Crippen LogP contribution in [0.15, 0.2) is 34.9 Å². The Balaban J connectivity index is 2.44. The Kier molecular flexibility index (Phi) is 3.85. The summed E-state index contributed by atoms with van der Waals surface area (Å²) >= 11 is 3.38. The van der Waals surface area contributed by atoms with Crippen molar-refractivity contribution in [2.75, 3.05) is 0 Å². The highest BCUT2D eigenvalue weighted by Gasteiger charge is 2.17. The SMILES string of the molecule is Cc1ccc(Oc2nccc(C)c2C(=O)O)c(Br)c1. The van der Waals surface area contributed by atoms with E-state index in [1.807, 2.05) is 19.1 Å². The van der Waals surface area contributed by atoms with Crippen LogP contribution < -0.4 is 4.74 Å². The number of hydrogen-bond acceptors (Lipinski definition) is 3. The number of hydrogen-bond donors (Lipinski definition) is 1. The van der Waals surface area contributed by atoms with Crippen LogP contribution in [-0.4, -0.2) is 16.1 Å². The van der Waals surface area contributed by atoms with Gasteiger partial charge in [-0.25, -0.2) is 9.78 Å². The van der Waals surface area contributed by atoms with Crippen LogP contribution in [0.4, 0.5) is 0 Å². The maximum atomic E-state index is 11.2. The van der Waals surface area contributed by atoms with Crippen molar-refractivity contribution in [3.05, 3.63) is 51.6 Å². The molecule has 0 unspecified atom stereocenters. The molecule has 5 heteroatoms.